The molecule has 0 aliphatic heterocycles. The smallest absolute Gasteiger partial charge is 0.209 e. The SMILES string of the molecule is Cn1nnnc1SC1CCCc2ccccc2C1=O. The number of nitrogens with zero attached hydrogens (tertiary/aromatic N) is 4. The van der Waals surface area contributed by atoms with Crippen molar-refractivity contribution in [1.82, 2.24) is 20.2 Å². The van der Waals surface area contributed by atoms with Gasteiger partial charge in [-0.1, -0.05) is 36.0 Å². The van der Waals surface area contributed by atoms with Gasteiger partial charge in [0.25, 0.3) is 0 Å². The van der Waals surface area contributed by atoms with Crippen molar-refractivity contribution in [3.05, 3.63) is 35.4 Å². The van der Waals surface area contributed by atoms with Crippen LogP contribution in [0, 0.1) is 0 Å². The number of carbonyl (C=O) groups is 1. The zero-order chi connectivity index (χ0) is 13.2. The van der Waals surface area contributed by atoms with Crippen LogP contribution in [-0.4, -0.2) is 31.2 Å². The van der Waals surface area contributed by atoms with Crippen molar-refractivity contribution < 1.29 is 4.79 Å². The van der Waals surface area contributed by atoms with Gasteiger partial charge in [-0.2, -0.15) is 0 Å². The lowest BCUT2D eigenvalue weighted by Crippen LogP contribution is -2.17. The predicted molar refractivity (Wildman–Crippen MR) is 72.2 cm³/mol. The number of thioether (sulfide) groups is 1. The first-order valence-electron chi connectivity index (χ1n) is 6.27. The third kappa shape index (κ3) is 2.40. The van der Waals surface area contributed by atoms with Crippen molar-refractivity contribution in [2.24, 2.45) is 7.05 Å². The van der Waals surface area contributed by atoms with Gasteiger partial charge in [0.05, 0.1) is 5.25 Å². The Bertz CT molecular complexity index is 610. The molecular formula is C13H14N4OS. The Kier molecular flexibility index (Phi) is 3.33. The number of aromatic nitrogens is 4. The maximum absolute atomic E-state index is 12.6. The molecule has 3 rings (SSSR count). The minimum absolute atomic E-state index is 0.0895. The number of tetrazole rings is 1. The highest BCUT2D eigenvalue weighted by molar-refractivity contribution is 8.00. The Balaban J connectivity index is 1.88. The van der Waals surface area contributed by atoms with Gasteiger partial charge in [0.15, 0.2) is 5.78 Å². The van der Waals surface area contributed by atoms with Crippen LogP contribution in [0.3, 0.4) is 0 Å². The zero-order valence-corrected chi connectivity index (χ0v) is 11.4. The van der Waals surface area contributed by atoms with E-state index in [0.717, 1.165) is 30.4 Å². The molecule has 0 spiro atoms. The van der Waals surface area contributed by atoms with Crippen molar-refractivity contribution in [1.29, 1.82) is 0 Å². The number of hydrogen-bond acceptors (Lipinski definition) is 5. The van der Waals surface area contributed by atoms with Crippen LogP contribution in [0.5, 0.6) is 0 Å². The minimum atomic E-state index is -0.0895. The lowest BCUT2D eigenvalue weighted by atomic mass is 10.0. The van der Waals surface area contributed by atoms with Gasteiger partial charge in [-0.25, -0.2) is 4.68 Å². The first-order valence-corrected chi connectivity index (χ1v) is 7.15. The maximum atomic E-state index is 12.6. The lowest BCUT2D eigenvalue weighted by Gasteiger charge is -2.11. The van der Waals surface area contributed by atoms with E-state index in [2.05, 4.69) is 15.5 Å². The molecule has 6 heteroatoms. The van der Waals surface area contributed by atoms with Crippen LogP contribution >= 0.6 is 11.8 Å². The standard InChI is InChI=1S/C13H14N4OS/c1-17-13(14-15-16-17)19-11-8-4-6-9-5-2-3-7-10(9)12(11)18/h2-3,5,7,11H,4,6,8H2,1H3. The van der Waals surface area contributed by atoms with Crippen LogP contribution in [0.2, 0.25) is 0 Å². The second-order valence-corrected chi connectivity index (χ2v) is 5.78. The van der Waals surface area contributed by atoms with E-state index in [4.69, 9.17) is 0 Å². The molecule has 1 aliphatic carbocycles. The second kappa shape index (κ2) is 5.13. The van der Waals surface area contributed by atoms with E-state index in [9.17, 15) is 4.79 Å². The molecule has 1 unspecified atom stereocenters. The van der Waals surface area contributed by atoms with Gasteiger partial charge in [0.2, 0.25) is 5.16 Å². The molecule has 1 aromatic carbocycles. The topological polar surface area (TPSA) is 60.7 Å². The molecule has 0 N–H and O–H groups in total. The molecule has 0 fully saturated rings. The summed E-state index contributed by atoms with van der Waals surface area (Å²) in [6, 6.07) is 7.88. The second-order valence-electron chi connectivity index (χ2n) is 4.61. The monoisotopic (exact) mass is 274 g/mol. The van der Waals surface area contributed by atoms with E-state index in [1.165, 1.54) is 11.8 Å². The number of carbonyl (C=O) groups excluding carboxylic acids is 1. The fourth-order valence-corrected chi connectivity index (χ4v) is 3.37. The summed E-state index contributed by atoms with van der Waals surface area (Å²) in [6.45, 7) is 0. The molecule has 19 heavy (non-hydrogen) atoms. The summed E-state index contributed by atoms with van der Waals surface area (Å²) in [5.74, 6) is 0.195. The lowest BCUT2D eigenvalue weighted by molar-refractivity contribution is 0.0988. The Morgan fingerprint density at radius 2 is 2.21 bits per heavy atom. The van der Waals surface area contributed by atoms with E-state index < -0.39 is 0 Å². The maximum Gasteiger partial charge on any atom is 0.209 e. The molecule has 1 aromatic heterocycles. The molecule has 0 saturated carbocycles. The van der Waals surface area contributed by atoms with Crippen LogP contribution in [-0.2, 0) is 13.5 Å². The average molecular weight is 274 g/mol. The van der Waals surface area contributed by atoms with E-state index in [-0.39, 0.29) is 11.0 Å². The van der Waals surface area contributed by atoms with Crippen molar-refractivity contribution in [2.45, 2.75) is 29.7 Å². The summed E-state index contributed by atoms with van der Waals surface area (Å²) in [4.78, 5) is 12.6. The number of fused-ring (bicyclic) bond motifs is 1. The number of hydrogen-bond donors (Lipinski definition) is 0. The predicted octanol–water partition coefficient (Wildman–Crippen LogP) is 1.89. The summed E-state index contributed by atoms with van der Waals surface area (Å²) in [6.07, 6.45) is 2.85. The first kappa shape index (κ1) is 12.3. The van der Waals surface area contributed by atoms with Crippen molar-refractivity contribution in [2.75, 3.05) is 0 Å². The molecule has 1 atom stereocenters. The van der Waals surface area contributed by atoms with Crippen LogP contribution in [0.4, 0.5) is 0 Å². The molecule has 5 nitrogen and oxygen atoms in total. The van der Waals surface area contributed by atoms with Gasteiger partial charge in [-0.05, 0) is 35.3 Å². The summed E-state index contributed by atoms with van der Waals surface area (Å²) in [5, 5.41) is 12.0. The third-order valence-electron chi connectivity index (χ3n) is 3.32. The van der Waals surface area contributed by atoms with E-state index in [0.29, 0.717) is 5.16 Å². The fourth-order valence-electron chi connectivity index (χ4n) is 2.32. The van der Waals surface area contributed by atoms with Crippen molar-refractivity contribution in [3.8, 4) is 0 Å². The Morgan fingerprint density at radius 1 is 1.37 bits per heavy atom. The van der Waals surface area contributed by atoms with Crippen LogP contribution in [0.1, 0.15) is 28.8 Å². The van der Waals surface area contributed by atoms with Gasteiger partial charge in [0, 0.05) is 12.6 Å². The van der Waals surface area contributed by atoms with Gasteiger partial charge in [-0.3, -0.25) is 4.79 Å². The van der Waals surface area contributed by atoms with Crippen LogP contribution in [0.25, 0.3) is 0 Å². The van der Waals surface area contributed by atoms with Crippen molar-refractivity contribution >= 4 is 17.5 Å². The molecule has 1 heterocycles. The molecule has 2 aromatic rings. The largest absolute Gasteiger partial charge is 0.293 e. The minimum Gasteiger partial charge on any atom is -0.293 e. The third-order valence-corrected chi connectivity index (χ3v) is 4.61. The highest BCUT2D eigenvalue weighted by atomic mass is 32.2. The Morgan fingerprint density at radius 3 is 3.00 bits per heavy atom. The average Bonchev–Trinajstić information content (AvgIpc) is 2.75. The summed E-state index contributed by atoms with van der Waals surface area (Å²) < 4.78 is 1.61. The van der Waals surface area contributed by atoms with E-state index in [1.807, 2.05) is 24.3 Å². The molecule has 0 saturated heterocycles. The van der Waals surface area contributed by atoms with Crippen LogP contribution < -0.4 is 0 Å². The molecular weight excluding hydrogens is 260 g/mol. The summed E-state index contributed by atoms with van der Waals surface area (Å²) in [5.41, 5.74) is 2.01. The van der Waals surface area contributed by atoms with Crippen LogP contribution in [0.15, 0.2) is 29.4 Å². The highest BCUT2D eigenvalue weighted by Crippen LogP contribution is 2.31. The molecule has 0 bridgehead atoms. The van der Waals surface area contributed by atoms with Gasteiger partial charge < -0.3 is 0 Å². The molecule has 0 amide bonds. The molecule has 1 aliphatic rings. The number of Topliss-reactive ketones (excluding diaryl/α,β-unsaturated/α-hetero) is 1. The number of benzene rings is 1. The first-order chi connectivity index (χ1) is 9.25. The van der Waals surface area contributed by atoms with E-state index >= 15 is 0 Å². The number of aryl methyl sites for hydroxylation is 2. The quantitative estimate of drug-likeness (QED) is 0.783. The van der Waals surface area contributed by atoms with Gasteiger partial charge >= 0.3 is 0 Å². The Hall–Kier alpha value is -1.69. The molecule has 98 valence electrons. The molecule has 0 radical (unpaired) electrons. The van der Waals surface area contributed by atoms with Gasteiger partial charge in [0.1, 0.15) is 0 Å². The normalized spacial score (nSPS) is 19.0. The van der Waals surface area contributed by atoms with Gasteiger partial charge in [-0.15, -0.1) is 5.10 Å². The fraction of sp³-hybridized carbons (Fsp3) is 0.385. The Labute approximate surface area is 115 Å². The highest BCUT2D eigenvalue weighted by Gasteiger charge is 2.27. The van der Waals surface area contributed by atoms with Crippen molar-refractivity contribution in [3.63, 3.8) is 0 Å². The summed E-state index contributed by atoms with van der Waals surface area (Å²) >= 11 is 1.46. The zero-order valence-electron chi connectivity index (χ0n) is 10.6. The number of ketones is 1. The number of rotatable bonds is 2. The van der Waals surface area contributed by atoms with E-state index in [1.54, 1.807) is 11.7 Å². The summed E-state index contributed by atoms with van der Waals surface area (Å²) in [7, 11) is 1.79.